The molecule has 0 atom stereocenters. The molecule has 0 unspecified atom stereocenters. The molecule has 1 saturated heterocycles. The van der Waals surface area contributed by atoms with E-state index in [-0.39, 0.29) is 11.5 Å². The van der Waals surface area contributed by atoms with Gasteiger partial charge in [0.1, 0.15) is 0 Å². The molecule has 1 N–H and O–H groups in total. The summed E-state index contributed by atoms with van der Waals surface area (Å²) in [5.41, 5.74) is 1.12. The Morgan fingerprint density at radius 1 is 1.38 bits per heavy atom. The molecule has 0 aliphatic carbocycles. The molecule has 1 aliphatic heterocycles. The molecular formula is C13H20N4O2S2. The Balaban J connectivity index is 1.86. The molecule has 2 aromatic rings. The van der Waals surface area contributed by atoms with Gasteiger partial charge in [-0.25, -0.2) is 13.4 Å². The van der Waals surface area contributed by atoms with Crippen molar-refractivity contribution in [3.63, 3.8) is 0 Å². The number of imidazole rings is 1. The largest absolute Gasteiger partial charge is 0.353 e. The lowest BCUT2D eigenvalue weighted by molar-refractivity contribution is 0.585. The van der Waals surface area contributed by atoms with Crippen molar-refractivity contribution in [2.75, 3.05) is 36.0 Å². The van der Waals surface area contributed by atoms with Crippen LogP contribution in [0.25, 0.3) is 4.96 Å². The fourth-order valence-electron chi connectivity index (χ4n) is 2.55. The molecule has 0 saturated carbocycles. The molecule has 0 aromatic carbocycles. The van der Waals surface area contributed by atoms with Crippen LogP contribution in [0.15, 0.2) is 11.6 Å². The van der Waals surface area contributed by atoms with Crippen molar-refractivity contribution < 1.29 is 8.42 Å². The van der Waals surface area contributed by atoms with Crippen molar-refractivity contribution >= 4 is 32.0 Å². The van der Waals surface area contributed by atoms with Crippen molar-refractivity contribution in [3.8, 4) is 0 Å². The van der Waals surface area contributed by atoms with E-state index in [4.69, 9.17) is 4.98 Å². The second-order valence-electron chi connectivity index (χ2n) is 5.25. The molecule has 21 heavy (non-hydrogen) atoms. The summed E-state index contributed by atoms with van der Waals surface area (Å²) in [5.74, 6) is 1.38. The number of anilines is 1. The monoisotopic (exact) mass is 328 g/mol. The van der Waals surface area contributed by atoms with Crippen LogP contribution in [0, 0.1) is 0 Å². The molecule has 2 aromatic heterocycles. The van der Waals surface area contributed by atoms with Crippen molar-refractivity contribution in [1.29, 1.82) is 0 Å². The third kappa shape index (κ3) is 3.07. The number of aromatic nitrogens is 2. The molecule has 1 aliphatic rings. The molecular weight excluding hydrogens is 308 g/mol. The Labute approximate surface area is 128 Å². The summed E-state index contributed by atoms with van der Waals surface area (Å²) in [5, 5.41) is 5.44. The van der Waals surface area contributed by atoms with Crippen LogP contribution in [0.3, 0.4) is 0 Å². The Hall–Kier alpha value is -1.12. The van der Waals surface area contributed by atoms with Gasteiger partial charge in [0.05, 0.1) is 17.2 Å². The molecule has 3 heterocycles. The van der Waals surface area contributed by atoms with Crippen LogP contribution in [-0.2, 0) is 16.4 Å². The van der Waals surface area contributed by atoms with E-state index in [1.165, 1.54) is 0 Å². The van der Waals surface area contributed by atoms with E-state index in [0.717, 1.165) is 36.0 Å². The van der Waals surface area contributed by atoms with Gasteiger partial charge >= 0.3 is 0 Å². The zero-order valence-corrected chi connectivity index (χ0v) is 13.7. The number of nitrogens with one attached hydrogen (secondary N) is 1. The van der Waals surface area contributed by atoms with Crippen molar-refractivity contribution in [2.45, 2.75) is 19.9 Å². The molecule has 3 rings (SSSR count). The maximum absolute atomic E-state index is 11.6. The number of nitrogens with zero attached hydrogens (tertiary/aromatic N) is 3. The second kappa shape index (κ2) is 5.94. The molecule has 0 spiro atoms. The highest BCUT2D eigenvalue weighted by atomic mass is 32.2. The van der Waals surface area contributed by atoms with Crippen molar-refractivity contribution in [2.24, 2.45) is 0 Å². The summed E-state index contributed by atoms with van der Waals surface area (Å²) in [4.78, 5) is 7.76. The summed E-state index contributed by atoms with van der Waals surface area (Å²) in [6.07, 6.45) is 3.11. The highest BCUT2D eigenvalue weighted by molar-refractivity contribution is 7.91. The second-order valence-corrected chi connectivity index (χ2v) is 8.43. The highest BCUT2D eigenvalue weighted by Crippen LogP contribution is 2.26. The van der Waals surface area contributed by atoms with Crippen molar-refractivity contribution in [3.05, 3.63) is 17.3 Å². The molecule has 1 fully saturated rings. The van der Waals surface area contributed by atoms with Gasteiger partial charge in [0.15, 0.2) is 20.6 Å². The fourth-order valence-corrected chi connectivity index (χ4v) is 4.48. The number of hydrogen-bond donors (Lipinski definition) is 1. The minimum Gasteiger partial charge on any atom is -0.353 e. The summed E-state index contributed by atoms with van der Waals surface area (Å²) in [6, 6.07) is 0. The van der Waals surface area contributed by atoms with Crippen LogP contribution in [0.5, 0.6) is 0 Å². The molecule has 116 valence electrons. The summed E-state index contributed by atoms with van der Waals surface area (Å²) in [6.45, 7) is 4.93. The van der Waals surface area contributed by atoms with E-state index >= 15 is 0 Å². The molecule has 0 radical (unpaired) electrons. The standard InChI is InChI=1S/C13H20N4O2S2/c1-2-3-14-10-11-12(15-13-17(11)4-7-20-13)16-5-8-21(18,19)9-6-16/h4,7,14H,2-3,5-6,8-10H2,1H3. The van der Waals surface area contributed by atoms with Crippen molar-refractivity contribution in [1.82, 2.24) is 14.7 Å². The number of hydrogen-bond acceptors (Lipinski definition) is 6. The quantitative estimate of drug-likeness (QED) is 0.834. The number of fused-ring (bicyclic) bond motifs is 1. The summed E-state index contributed by atoms with van der Waals surface area (Å²) < 4.78 is 25.3. The molecule has 8 heteroatoms. The zero-order valence-electron chi connectivity index (χ0n) is 12.1. The Kier molecular flexibility index (Phi) is 4.19. The van der Waals surface area contributed by atoms with E-state index in [9.17, 15) is 8.42 Å². The van der Waals surface area contributed by atoms with E-state index in [1.807, 2.05) is 11.6 Å². The van der Waals surface area contributed by atoms with Gasteiger partial charge in [-0.1, -0.05) is 6.92 Å². The predicted molar refractivity (Wildman–Crippen MR) is 85.9 cm³/mol. The summed E-state index contributed by atoms with van der Waals surface area (Å²) >= 11 is 1.60. The van der Waals surface area contributed by atoms with Gasteiger partial charge in [-0.15, -0.1) is 11.3 Å². The SMILES string of the molecule is CCCNCc1c(N2CCS(=O)(=O)CC2)nc2sccn12. The predicted octanol–water partition coefficient (Wildman–Crippen LogP) is 1.13. The van der Waals surface area contributed by atoms with Crippen LogP contribution in [-0.4, -0.2) is 48.9 Å². The average molecular weight is 328 g/mol. The normalized spacial score (nSPS) is 18.4. The lowest BCUT2D eigenvalue weighted by Gasteiger charge is -2.27. The van der Waals surface area contributed by atoms with Gasteiger partial charge in [-0.2, -0.15) is 0 Å². The van der Waals surface area contributed by atoms with E-state index in [2.05, 4.69) is 21.5 Å². The Morgan fingerprint density at radius 2 is 2.14 bits per heavy atom. The lowest BCUT2D eigenvalue weighted by atomic mass is 10.3. The Bertz CT molecular complexity index is 706. The third-order valence-corrected chi connectivity index (χ3v) is 6.07. The van der Waals surface area contributed by atoms with Crippen LogP contribution in [0.4, 0.5) is 5.82 Å². The maximum Gasteiger partial charge on any atom is 0.195 e. The zero-order chi connectivity index (χ0) is 14.9. The van der Waals surface area contributed by atoms with Crippen LogP contribution < -0.4 is 10.2 Å². The van der Waals surface area contributed by atoms with E-state index in [0.29, 0.717) is 13.1 Å². The minimum absolute atomic E-state index is 0.222. The van der Waals surface area contributed by atoms with Gasteiger partial charge in [-0.05, 0) is 13.0 Å². The number of thiazole rings is 1. The van der Waals surface area contributed by atoms with E-state index in [1.54, 1.807) is 11.3 Å². The van der Waals surface area contributed by atoms with Gasteiger partial charge in [-0.3, -0.25) is 4.40 Å². The fraction of sp³-hybridized carbons (Fsp3) is 0.615. The smallest absolute Gasteiger partial charge is 0.195 e. The maximum atomic E-state index is 11.6. The summed E-state index contributed by atoms with van der Waals surface area (Å²) in [7, 11) is -2.86. The molecule has 0 bridgehead atoms. The minimum atomic E-state index is -2.86. The molecule has 6 nitrogen and oxygen atoms in total. The number of sulfone groups is 1. The van der Waals surface area contributed by atoms with Gasteiger partial charge in [0.25, 0.3) is 0 Å². The van der Waals surface area contributed by atoms with E-state index < -0.39 is 9.84 Å². The number of rotatable bonds is 5. The van der Waals surface area contributed by atoms with Crippen LogP contribution in [0.1, 0.15) is 19.0 Å². The average Bonchev–Trinajstić information content (AvgIpc) is 3.01. The first-order valence-electron chi connectivity index (χ1n) is 7.21. The highest BCUT2D eigenvalue weighted by Gasteiger charge is 2.26. The van der Waals surface area contributed by atoms with Gasteiger partial charge in [0.2, 0.25) is 0 Å². The first kappa shape index (κ1) is 14.8. The first-order valence-corrected chi connectivity index (χ1v) is 9.91. The topological polar surface area (TPSA) is 66.7 Å². The van der Waals surface area contributed by atoms with Gasteiger partial charge < -0.3 is 10.2 Å². The molecule has 0 amide bonds. The Morgan fingerprint density at radius 3 is 2.86 bits per heavy atom. The van der Waals surface area contributed by atoms with Crippen LogP contribution in [0.2, 0.25) is 0 Å². The lowest BCUT2D eigenvalue weighted by Crippen LogP contribution is -2.41. The first-order chi connectivity index (χ1) is 10.1. The van der Waals surface area contributed by atoms with Crippen LogP contribution >= 0.6 is 11.3 Å². The third-order valence-electron chi connectivity index (χ3n) is 3.70. The van der Waals surface area contributed by atoms with Gasteiger partial charge in [0, 0.05) is 31.2 Å².